The minimum absolute atomic E-state index is 0.217. The molecule has 0 radical (unpaired) electrons. The highest BCUT2D eigenvalue weighted by molar-refractivity contribution is 5.99. The van der Waals surface area contributed by atoms with Crippen molar-refractivity contribution in [2.45, 2.75) is 19.9 Å². The van der Waals surface area contributed by atoms with Gasteiger partial charge >= 0.3 is 5.97 Å². The molecule has 9 nitrogen and oxygen atoms in total. The minimum atomic E-state index is -0.950. The molecule has 0 heterocycles. The highest BCUT2D eigenvalue weighted by Crippen LogP contribution is 2.17. The van der Waals surface area contributed by atoms with Crippen LogP contribution in [0.5, 0.6) is 5.75 Å². The number of hydrogen-bond donors (Lipinski definition) is 3. The molecule has 0 fully saturated rings. The van der Waals surface area contributed by atoms with E-state index in [2.05, 4.69) is 16.0 Å². The zero-order chi connectivity index (χ0) is 20.4. The summed E-state index contributed by atoms with van der Waals surface area (Å²) in [5.74, 6) is -2.13. The number of amides is 3. The summed E-state index contributed by atoms with van der Waals surface area (Å²) in [6.07, 6.45) is 0. The zero-order valence-corrected chi connectivity index (χ0v) is 15.8. The lowest BCUT2D eigenvalue weighted by molar-refractivity contribution is -0.151. The number of benzene rings is 1. The van der Waals surface area contributed by atoms with Crippen molar-refractivity contribution >= 4 is 23.7 Å². The Morgan fingerprint density at radius 2 is 1.74 bits per heavy atom. The smallest absolute Gasteiger partial charge is 0.329 e. The summed E-state index contributed by atoms with van der Waals surface area (Å²) < 4.78 is 10.1. The Hall–Kier alpha value is -3.10. The summed E-state index contributed by atoms with van der Waals surface area (Å²) >= 11 is 0. The van der Waals surface area contributed by atoms with Crippen LogP contribution in [0.15, 0.2) is 24.3 Å². The first-order valence-corrected chi connectivity index (χ1v) is 8.38. The molecule has 9 heteroatoms. The Balaban J connectivity index is 2.67. The number of likely N-dealkylation sites (N-methyl/N-ethyl adjacent to an activating group) is 1. The maximum atomic E-state index is 12.5. The second kappa shape index (κ2) is 10.8. The van der Waals surface area contributed by atoms with Crippen LogP contribution >= 0.6 is 0 Å². The van der Waals surface area contributed by atoms with E-state index < -0.39 is 30.4 Å². The van der Waals surface area contributed by atoms with Crippen LogP contribution < -0.4 is 20.7 Å². The van der Waals surface area contributed by atoms with Crippen LogP contribution in [0.3, 0.4) is 0 Å². The van der Waals surface area contributed by atoms with E-state index in [4.69, 9.17) is 9.47 Å². The fourth-order valence-electron chi connectivity index (χ4n) is 2.09. The fourth-order valence-corrected chi connectivity index (χ4v) is 2.09. The maximum absolute atomic E-state index is 12.5. The number of methoxy groups -OCH3 is 1. The Labute approximate surface area is 157 Å². The standard InChI is InChI=1S/C18H25N3O6/c1-11(2)16(18(25)27-10-15(23)20-9-14(22)19-3)21-17(24)12-7-5-6-8-13(12)26-4/h5-8,11,16H,9-10H2,1-4H3,(H,19,22)(H,20,23)(H,21,24)/t16-/m0/s1. The minimum Gasteiger partial charge on any atom is -0.496 e. The average Bonchev–Trinajstić information content (AvgIpc) is 2.67. The van der Waals surface area contributed by atoms with Crippen molar-refractivity contribution in [3.63, 3.8) is 0 Å². The molecule has 3 N–H and O–H groups in total. The van der Waals surface area contributed by atoms with E-state index in [1.165, 1.54) is 14.2 Å². The van der Waals surface area contributed by atoms with E-state index >= 15 is 0 Å². The number of carbonyl (C=O) groups excluding carboxylic acids is 4. The van der Waals surface area contributed by atoms with E-state index in [1.54, 1.807) is 38.1 Å². The molecule has 1 atom stereocenters. The highest BCUT2D eigenvalue weighted by atomic mass is 16.5. The summed E-state index contributed by atoms with van der Waals surface area (Å²) in [5.41, 5.74) is 0.279. The molecule has 0 bridgehead atoms. The molecular weight excluding hydrogens is 354 g/mol. The van der Waals surface area contributed by atoms with Crippen molar-refractivity contribution in [1.29, 1.82) is 0 Å². The fraction of sp³-hybridized carbons (Fsp3) is 0.444. The molecule has 0 spiro atoms. The van der Waals surface area contributed by atoms with Gasteiger partial charge in [0.1, 0.15) is 11.8 Å². The topological polar surface area (TPSA) is 123 Å². The molecule has 0 saturated heterocycles. The summed E-state index contributed by atoms with van der Waals surface area (Å²) in [6, 6.07) is 5.66. The van der Waals surface area contributed by atoms with Crippen molar-refractivity contribution < 1.29 is 28.7 Å². The van der Waals surface area contributed by atoms with Gasteiger partial charge in [0.2, 0.25) is 5.91 Å². The largest absolute Gasteiger partial charge is 0.496 e. The molecule has 0 unspecified atom stereocenters. The van der Waals surface area contributed by atoms with Crippen LogP contribution in [0, 0.1) is 5.92 Å². The molecule has 0 aliphatic heterocycles. The van der Waals surface area contributed by atoms with E-state index in [1.807, 2.05) is 0 Å². The molecule has 27 heavy (non-hydrogen) atoms. The van der Waals surface area contributed by atoms with Crippen molar-refractivity contribution in [1.82, 2.24) is 16.0 Å². The lowest BCUT2D eigenvalue weighted by atomic mass is 10.0. The summed E-state index contributed by atoms with van der Waals surface area (Å²) in [5, 5.41) is 7.25. The van der Waals surface area contributed by atoms with Crippen LogP contribution in [-0.4, -0.2) is 57.0 Å². The molecule has 0 saturated carbocycles. The molecule has 1 aromatic rings. The quantitative estimate of drug-likeness (QED) is 0.513. The van der Waals surface area contributed by atoms with E-state index in [0.717, 1.165) is 0 Å². The summed E-state index contributed by atoms with van der Waals surface area (Å²) in [4.78, 5) is 47.4. The molecule has 1 aromatic carbocycles. The Kier molecular flexibility index (Phi) is 8.77. The van der Waals surface area contributed by atoms with Gasteiger partial charge in [-0.05, 0) is 18.1 Å². The number of rotatable bonds is 9. The second-order valence-electron chi connectivity index (χ2n) is 5.95. The SMILES string of the molecule is CNC(=O)CNC(=O)COC(=O)[C@@H](NC(=O)c1ccccc1OC)C(C)C. The first-order chi connectivity index (χ1) is 12.8. The van der Waals surface area contributed by atoms with Crippen LogP contribution in [0.1, 0.15) is 24.2 Å². The van der Waals surface area contributed by atoms with Gasteiger partial charge in [0.05, 0.1) is 19.2 Å². The molecule has 0 aliphatic rings. The Morgan fingerprint density at radius 1 is 1.07 bits per heavy atom. The number of esters is 1. The predicted molar refractivity (Wildman–Crippen MR) is 97.1 cm³/mol. The van der Waals surface area contributed by atoms with Crippen molar-refractivity contribution in [3.05, 3.63) is 29.8 Å². The van der Waals surface area contributed by atoms with Crippen LogP contribution in [0.4, 0.5) is 0 Å². The third-order valence-electron chi connectivity index (χ3n) is 3.63. The van der Waals surface area contributed by atoms with Gasteiger partial charge in [-0.25, -0.2) is 4.79 Å². The van der Waals surface area contributed by atoms with Crippen molar-refractivity contribution in [2.24, 2.45) is 5.92 Å². The van der Waals surface area contributed by atoms with Gasteiger partial charge in [0.15, 0.2) is 6.61 Å². The number of ether oxygens (including phenoxy) is 2. The number of para-hydroxylation sites is 1. The monoisotopic (exact) mass is 379 g/mol. The maximum Gasteiger partial charge on any atom is 0.329 e. The summed E-state index contributed by atoms with van der Waals surface area (Å²) in [7, 11) is 2.88. The normalized spacial score (nSPS) is 11.3. The Morgan fingerprint density at radius 3 is 2.33 bits per heavy atom. The number of carbonyl (C=O) groups is 4. The van der Waals surface area contributed by atoms with Gasteiger partial charge in [0.25, 0.3) is 11.8 Å². The average molecular weight is 379 g/mol. The van der Waals surface area contributed by atoms with Gasteiger partial charge in [0, 0.05) is 7.05 Å². The van der Waals surface area contributed by atoms with Gasteiger partial charge in [-0.3, -0.25) is 14.4 Å². The number of hydrogen-bond acceptors (Lipinski definition) is 6. The molecule has 148 valence electrons. The first kappa shape index (κ1) is 21.9. The van der Waals surface area contributed by atoms with Gasteiger partial charge < -0.3 is 25.4 Å². The van der Waals surface area contributed by atoms with Crippen LogP contribution in [-0.2, 0) is 19.1 Å². The molecule has 0 aliphatic carbocycles. The molecular formula is C18H25N3O6. The lowest BCUT2D eigenvalue weighted by Gasteiger charge is -2.21. The first-order valence-electron chi connectivity index (χ1n) is 8.38. The van der Waals surface area contributed by atoms with E-state index in [0.29, 0.717) is 5.75 Å². The van der Waals surface area contributed by atoms with Gasteiger partial charge in [-0.1, -0.05) is 26.0 Å². The zero-order valence-electron chi connectivity index (χ0n) is 15.8. The molecule has 0 aromatic heterocycles. The van der Waals surface area contributed by atoms with Crippen molar-refractivity contribution in [2.75, 3.05) is 27.3 Å². The van der Waals surface area contributed by atoms with E-state index in [9.17, 15) is 19.2 Å². The Bertz CT molecular complexity index is 689. The third-order valence-corrected chi connectivity index (χ3v) is 3.63. The van der Waals surface area contributed by atoms with Crippen LogP contribution in [0.25, 0.3) is 0 Å². The summed E-state index contributed by atoms with van der Waals surface area (Å²) in [6.45, 7) is 2.70. The molecule has 3 amide bonds. The van der Waals surface area contributed by atoms with Crippen LogP contribution in [0.2, 0.25) is 0 Å². The van der Waals surface area contributed by atoms with E-state index in [-0.39, 0.29) is 23.9 Å². The second-order valence-corrected chi connectivity index (χ2v) is 5.95. The predicted octanol–water partition coefficient (Wildman–Crippen LogP) is -0.145. The van der Waals surface area contributed by atoms with Gasteiger partial charge in [-0.2, -0.15) is 0 Å². The highest BCUT2D eigenvalue weighted by Gasteiger charge is 2.27. The van der Waals surface area contributed by atoms with Gasteiger partial charge in [-0.15, -0.1) is 0 Å². The number of nitrogens with one attached hydrogen (secondary N) is 3. The van der Waals surface area contributed by atoms with Crippen molar-refractivity contribution in [3.8, 4) is 5.75 Å². The third kappa shape index (κ3) is 6.96. The molecule has 1 rings (SSSR count). The lowest BCUT2D eigenvalue weighted by Crippen LogP contribution is -2.46.